The average molecular weight is 278 g/mol. The Bertz CT molecular complexity index is 501. The van der Waals surface area contributed by atoms with Crippen molar-refractivity contribution in [2.45, 2.75) is 39.8 Å². The van der Waals surface area contributed by atoms with E-state index in [-0.39, 0.29) is 11.7 Å². The Morgan fingerprint density at radius 3 is 2.60 bits per heavy atom. The molecular weight excluding hydrogens is 255 g/mol. The number of carbonyl (C=O) groups excluding carboxylic acids is 1. The molecule has 0 radical (unpaired) electrons. The average Bonchev–Trinajstić information content (AvgIpc) is 2.40. The van der Waals surface area contributed by atoms with E-state index in [2.05, 4.69) is 25.7 Å². The fourth-order valence-corrected chi connectivity index (χ4v) is 2.88. The second-order valence-corrected chi connectivity index (χ2v) is 5.90. The first kappa shape index (κ1) is 15.0. The van der Waals surface area contributed by atoms with Gasteiger partial charge < -0.3 is 4.90 Å². The van der Waals surface area contributed by atoms with Gasteiger partial charge in [0.1, 0.15) is 5.82 Å². The van der Waals surface area contributed by atoms with Gasteiger partial charge in [0, 0.05) is 37.3 Å². The molecule has 1 aliphatic heterocycles. The molecule has 0 aliphatic carbocycles. The summed E-state index contributed by atoms with van der Waals surface area (Å²) >= 11 is 0. The van der Waals surface area contributed by atoms with Crippen LogP contribution in [0.5, 0.6) is 0 Å². The minimum atomic E-state index is -0.264. The predicted molar refractivity (Wildman–Crippen MR) is 78.3 cm³/mol. The third kappa shape index (κ3) is 3.01. The fraction of sp³-hybridized carbons (Fsp3) is 0.562. The molecule has 110 valence electrons. The van der Waals surface area contributed by atoms with Gasteiger partial charge in [-0.25, -0.2) is 4.39 Å². The van der Waals surface area contributed by atoms with Gasteiger partial charge in [0.2, 0.25) is 0 Å². The van der Waals surface area contributed by atoms with Crippen molar-refractivity contribution in [2.24, 2.45) is 0 Å². The zero-order valence-electron chi connectivity index (χ0n) is 12.7. The number of carbonyl (C=O) groups is 1. The quantitative estimate of drug-likeness (QED) is 0.830. The number of amides is 1. The molecule has 1 aromatic rings. The van der Waals surface area contributed by atoms with Crippen LogP contribution in [0.4, 0.5) is 4.39 Å². The Balaban J connectivity index is 2.09. The lowest BCUT2D eigenvalue weighted by atomic mass is 10.1. The molecule has 20 heavy (non-hydrogen) atoms. The van der Waals surface area contributed by atoms with Crippen molar-refractivity contribution in [3.63, 3.8) is 0 Å². The van der Waals surface area contributed by atoms with Gasteiger partial charge in [-0.15, -0.1) is 0 Å². The molecular formula is C16H23FN2O. The van der Waals surface area contributed by atoms with Gasteiger partial charge >= 0.3 is 0 Å². The summed E-state index contributed by atoms with van der Waals surface area (Å²) in [6.45, 7) is 10.5. The SMILES string of the molecule is Cc1cc(C(=O)N2CCN(C(C)C)[C@@H](C)C2)ccc1F. The molecule has 1 saturated heterocycles. The smallest absolute Gasteiger partial charge is 0.253 e. The summed E-state index contributed by atoms with van der Waals surface area (Å²) in [7, 11) is 0. The van der Waals surface area contributed by atoms with Crippen molar-refractivity contribution in [1.82, 2.24) is 9.80 Å². The number of nitrogens with zero attached hydrogens (tertiary/aromatic N) is 2. The van der Waals surface area contributed by atoms with Gasteiger partial charge in [0.05, 0.1) is 0 Å². The van der Waals surface area contributed by atoms with E-state index in [9.17, 15) is 9.18 Å². The molecule has 1 aromatic carbocycles. The summed E-state index contributed by atoms with van der Waals surface area (Å²) in [5.41, 5.74) is 1.10. The summed E-state index contributed by atoms with van der Waals surface area (Å²) in [6.07, 6.45) is 0. The van der Waals surface area contributed by atoms with E-state index in [4.69, 9.17) is 0 Å². The number of aryl methyl sites for hydroxylation is 1. The monoisotopic (exact) mass is 278 g/mol. The molecule has 1 fully saturated rings. The third-order valence-electron chi connectivity index (χ3n) is 4.03. The van der Waals surface area contributed by atoms with Crippen molar-refractivity contribution >= 4 is 5.91 Å². The largest absolute Gasteiger partial charge is 0.336 e. The molecule has 1 atom stereocenters. The molecule has 0 aromatic heterocycles. The fourth-order valence-electron chi connectivity index (χ4n) is 2.88. The Hall–Kier alpha value is -1.42. The number of benzene rings is 1. The van der Waals surface area contributed by atoms with Gasteiger partial charge in [-0.3, -0.25) is 9.69 Å². The number of hydrogen-bond acceptors (Lipinski definition) is 2. The Kier molecular flexibility index (Phi) is 4.43. The zero-order valence-corrected chi connectivity index (χ0v) is 12.7. The summed E-state index contributed by atoms with van der Waals surface area (Å²) in [5.74, 6) is -0.261. The molecule has 3 nitrogen and oxygen atoms in total. The summed E-state index contributed by atoms with van der Waals surface area (Å²) in [4.78, 5) is 16.7. The lowest BCUT2D eigenvalue weighted by Gasteiger charge is -2.42. The molecule has 0 N–H and O–H groups in total. The van der Waals surface area contributed by atoms with Crippen LogP contribution in [0.1, 0.15) is 36.7 Å². The Labute approximate surface area is 120 Å². The molecule has 1 amide bonds. The van der Waals surface area contributed by atoms with Crippen molar-refractivity contribution < 1.29 is 9.18 Å². The number of piperazine rings is 1. The lowest BCUT2D eigenvalue weighted by Crippen LogP contribution is -2.55. The molecule has 4 heteroatoms. The minimum Gasteiger partial charge on any atom is -0.336 e. The molecule has 0 saturated carbocycles. The van der Waals surface area contributed by atoms with Crippen molar-refractivity contribution in [2.75, 3.05) is 19.6 Å². The van der Waals surface area contributed by atoms with E-state index in [0.717, 1.165) is 19.6 Å². The second kappa shape index (κ2) is 5.92. The van der Waals surface area contributed by atoms with Crippen LogP contribution < -0.4 is 0 Å². The normalized spacial score (nSPS) is 20.5. The van der Waals surface area contributed by atoms with Crippen molar-refractivity contribution in [3.8, 4) is 0 Å². The van der Waals surface area contributed by atoms with Crippen LogP contribution >= 0.6 is 0 Å². The standard InChI is InChI=1S/C16H23FN2O/c1-11(2)19-8-7-18(10-13(19)4)16(20)14-5-6-15(17)12(3)9-14/h5-6,9,11,13H,7-8,10H2,1-4H3/t13-/m0/s1. The van der Waals surface area contributed by atoms with E-state index >= 15 is 0 Å². The van der Waals surface area contributed by atoms with Gasteiger partial charge in [-0.1, -0.05) is 0 Å². The van der Waals surface area contributed by atoms with Crippen LogP contribution in [0.3, 0.4) is 0 Å². The van der Waals surface area contributed by atoms with Crippen LogP contribution in [0.15, 0.2) is 18.2 Å². The lowest BCUT2D eigenvalue weighted by molar-refractivity contribution is 0.0426. The molecule has 0 spiro atoms. The van der Waals surface area contributed by atoms with Crippen LogP contribution in [0.25, 0.3) is 0 Å². The van der Waals surface area contributed by atoms with E-state index < -0.39 is 0 Å². The van der Waals surface area contributed by atoms with E-state index in [1.807, 2.05) is 4.90 Å². The van der Waals surface area contributed by atoms with Gasteiger partial charge in [-0.05, 0) is 51.5 Å². The number of halogens is 1. The molecule has 0 bridgehead atoms. The number of hydrogen-bond donors (Lipinski definition) is 0. The van der Waals surface area contributed by atoms with E-state index in [1.54, 1.807) is 19.1 Å². The first-order chi connectivity index (χ1) is 9.40. The summed E-state index contributed by atoms with van der Waals surface area (Å²) < 4.78 is 13.3. The maximum atomic E-state index is 13.3. The Morgan fingerprint density at radius 2 is 2.05 bits per heavy atom. The van der Waals surface area contributed by atoms with E-state index in [1.165, 1.54) is 6.07 Å². The molecule has 2 rings (SSSR count). The number of rotatable bonds is 2. The second-order valence-electron chi connectivity index (χ2n) is 5.90. The van der Waals surface area contributed by atoms with Crippen LogP contribution in [-0.2, 0) is 0 Å². The first-order valence-corrected chi connectivity index (χ1v) is 7.21. The van der Waals surface area contributed by atoms with Crippen LogP contribution in [0, 0.1) is 12.7 Å². The van der Waals surface area contributed by atoms with Crippen LogP contribution in [-0.4, -0.2) is 47.4 Å². The maximum Gasteiger partial charge on any atom is 0.253 e. The first-order valence-electron chi connectivity index (χ1n) is 7.21. The third-order valence-corrected chi connectivity index (χ3v) is 4.03. The topological polar surface area (TPSA) is 23.6 Å². The Morgan fingerprint density at radius 1 is 1.35 bits per heavy atom. The predicted octanol–water partition coefficient (Wildman–Crippen LogP) is 2.69. The molecule has 1 heterocycles. The molecule has 1 aliphatic rings. The zero-order chi connectivity index (χ0) is 14.9. The highest BCUT2D eigenvalue weighted by atomic mass is 19.1. The summed E-state index contributed by atoms with van der Waals surface area (Å²) in [5, 5.41) is 0. The van der Waals surface area contributed by atoms with E-state index in [0.29, 0.717) is 23.2 Å². The van der Waals surface area contributed by atoms with Gasteiger partial charge in [0.15, 0.2) is 0 Å². The highest BCUT2D eigenvalue weighted by Crippen LogP contribution is 2.17. The van der Waals surface area contributed by atoms with Gasteiger partial charge in [-0.2, -0.15) is 0 Å². The van der Waals surface area contributed by atoms with Crippen LogP contribution in [0.2, 0.25) is 0 Å². The highest BCUT2D eigenvalue weighted by Gasteiger charge is 2.28. The minimum absolute atomic E-state index is 0.00311. The highest BCUT2D eigenvalue weighted by molar-refractivity contribution is 5.94. The van der Waals surface area contributed by atoms with Crippen molar-refractivity contribution in [1.29, 1.82) is 0 Å². The maximum absolute atomic E-state index is 13.3. The molecule has 0 unspecified atom stereocenters. The van der Waals surface area contributed by atoms with Crippen molar-refractivity contribution in [3.05, 3.63) is 35.1 Å². The summed E-state index contributed by atoms with van der Waals surface area (Å²) in [6, 6.07) is 5.43. The van der Waals surface area contributed by atoms with Gasteiger partial charge in [0.25, 0.3) is 5.91 Å².